The number of ether oxygens (including phenoxy) is 1. The van der Waals surface area contributed by atoms with Crippen molar-refractivity contribution in [2.24, 2.45) is 17.3 Å². The lowest BCUT2D eigenvalue weighted by Gasteiger charge is -2.10. The van der Waals surface area contributed by atoms with Crippen molar-refractivity contribution in [3.63, 3.8) is 0 Å². The molecule has 0 aliphatic heterocycles. The lowest BCUT2D eigenvalue weighted by molar-refractivity contribution is -0.145. The van der Waals surface area contributed by atoms with Gasteiger partial charge in [-0.2, -0.15) is 0 Å². The molecular formula is C17H22Br2O2. The van der Waals surface area contributed by atoms with Crippen molar-refractivity contribution >= 4 is 37.8 Å². The first-order chi connectivity index (χ1) is 9.75. The zero-order chi connectivity index (χ0) is 16.2. The number of rotatable bonds is 7. The van der Waals surface area contributed by atoms with Gasteiger partial charge in [-0.05, 0) is 60.8 Å². The molecule has 0 radical (unpaired) electrons. The molecule has 1 rings (SSSR count). The van der Waals surface area contributed by atoms with Crippen molar-refractivity contribution in [2.75, 3.05) is 6.61 Å². The van der Waals surface area contributed by atoms with Gasteiger partial charge in [-0.3, -0.25) is 4.79 Å². The zero-order valence-electron chi connectivity index (χ0n) is 12.8. The van der Waals surface area contributed by atoms with Gasteiger partial charge in [0.2, 0.25) is 0 Å². The molecule has 0 N–H and O–H groups in total. The van der Waals surface area contributed by atoms with Crippen LogP contribution in [0.4, 0.5) is 0 Å². The molecule has 116 valence electrons. The highest BCUT2D eigenvalue weighted by atomic mass is 79.9. The van der Waals surface area contributed by atoms with E-state index >= 15 is 0 Å². The predicted molar refractivity (Wildman–Crippen MR) is 95.4 cm³/mol. The summed E-state index contributed by atoms with van der Waals surface area (Å²) in [6, 6.07) is 0. The fourth-order valence-corrected chi connectivity index (χ4v) is 3.02. The van der Waals surface area contributed by atoms with Gasteiger partial charge in [0.25, 0.3) is 0 Å². The highest BCUT2D eigenvalue weighted by Gasteiger charge is 2.61. The van der Waals surface area contributed by atoms with E-state index in [1.54, 1.807) is 6.08 Å². The van der Waals surface area contributed by atoms with Gasteiger partial charge in [0.15, 0.2) is 0 Å². The normalized spacial score (nSPS) is 23.2. The van der Waals surface area contributed by atoms with Crippen LogP contribution in [-0.4, -0.2) is 12.6 Å². The average molecular weight is 418 g/mol. The Bertz CT molecular complexity index is 497. The standard InChI is InChI=1S/C17H22Br2O2/c1-6-8-12(11(3)7-2)10-21-16(20)15-13(9-14(18)19)17(15,4)5/h6,8-9,13,15H,1,3,7,10H2,2,4-5H3. The number of esters is 1. The Balaban J connectivity index is 2.67. The summed E-state index contributed by atoms with van der Waals surface area (Å²) in [5.41, 5.74) is 1.83. The molecule has 1 aliphatic rings. The first-order valence-corrected chi connectivity index (χ1v) is 8.53. The average Bonchev–Trinajstić information content (AvgIpc) is 2.93. The van der Waals surface area contributed by atoms with E-state index in [9.17, 15) is 4.79 Å². The molecular weight excluding hydrogens is 396 g/mol. The minimum absolute atomic E-state index is 0.0616. The summed E-state index contributed by atoms with van der Waals surface area (Å²) in [5, 5.41) is 0. The SMILES string of the molecule is C=CC=C(COC(=O)C1C(C=C(Br)Br)C1(C)C)C(=C)CC. The van der Waals surface area contributed by atoms with Crippen LogP contribution >= 0.6 is 31.9 Å². The van der Waals surface area contributed by atoms with Crippen LogP contribution in [0.25, 0.3) is 0 Å². The van der Waals surface area contributed by atoms with Crippen LogP contribution in [0.5, 0.6) is 0 Å². The van der Waals surface area contributed by atoms with Gasteiger partial charge in [0.1, 0.15) is 6.61 Å². The third kappa shape index (κ3) is 4.68. The Labute approximate surface area is 144 Å². The van der Waals surface area contributed by atoms with Crippen LogP contribution in [-0.2, 0) is 9.53 Å². The second-order valence-corrected chi connectivity index (χ2v) is 8.55. The molecule has 2 unspecified atom stereocenters. The van der Waals surface area contributed by atoms with E-state index in [0.717, 1.165) is 21.0 Å². The van der Waals surface area contributed by atoms with Crippen LogP contribution in [0.3, 0.4) is 0 Å². The van der Waals surface area contributed by atoms with Crippen molar-refractivity contribution in [3.05, 3.63) is 45.9 Å². The van der Waals surface area contributed by atoms with Gasteiger partial charge < -0.3 is 4.74 Å². The van der Waals surface area contributed by atoms with Crippen LogP contribution in [0.2, 0.25) is 0 Å². The lowest BCUT2D eigenvalue weighted by atomic mass is 10.1. The molecule has 0 aromatic rings. The Kier molecular flexibility index (Phi) is 6.67. The highest BCUT2D eigenvalue weighted by molar-refractivity contribution is 9.28. The van der Waals surface area contributed by atoms with Gasteiger partial charge >= 0.3 is 5.97 Å². The molecule has 4 heteroatoms. The quantitative estimate of drug-likeness (QED) is 0.403. The molecule has 0 aromatic heterocycles. The number of carbonyl (C=O) groups is 1. The van der Waals surface area contributed by atoms with Crippen molar-refractivity contribution in [1.29, 1.82) is 0 Å². The Morgan fingerprint density at radius 2 is 2.00 bits per heavy atom. The summed E-state index contributed by atoms with van der Waals surface area (Å²) >= 11 is 6.70. The van der Waals surface area contributed by atoms with Crippen molar-refractivity contribution < 1.29 is 9.53 Å². The first kappa shape index (κ1) is 18.4. The highest BCUT2D eigenvalue weighted by Crippen LogP contribution is 2.60. The summed E-state index contributed by atoms with van der Waals surface area (Å²) in [7, 11) is 0. The van der Waals surface area contributed by atoms with Gasteiger partial charge in [-0.15, -0.1) is 0 Å². The summed E-state index contributed by atoms with van der Waals surface area (Å²) in [6.07, 6.45) is 6.38. The van der Waals surface area contributed by atoms with Crippen molar-refractivity contribution in [3.8, 4) is 0 Å². The molecule has 0 heterocycles. The molecule has 0 amide bonds. The van der Waals surface area contributed by atoms with Crippen LogP contribution in [0, 0.1) is 17.3 Å². The molecule has 0 saturated heterocycles. The van der Waals surface area contributed by atoms with E-state index < -0.39 is 0 Å². The minimum atomic E-state index is -0.152. The number of hydrogen-bond donors (Lipinski definition) is 0. The Morgan fingerprint density at radius 1 is 1.38 bits per heavy atom. The molecule has 0 aromatic carbocycles. The van der Waals surface area contributed by atoms with Crippen molar-refractivity contribution in [2.45, 2.75) is 27.2 Å². The minimum Gasteiger partial charge on any atom is -0.461 e. The molecule has 0 spiro atoms. The summed E-state index contributed by atoms with van der Waals surface area (Å²) < 4.78 is 6.35. The topological polar surface area (TPSA) is 26.3 Å². The molecule has 0 bridgehead atoms. The lowest BCUT2D eigenvalue weighted by Crippen LogP contribution is -2.13. The maximum Gasteiger partial charge on any atom is 0.310 e. The van der Waals surface area contributed by atoms with E-state index in [2.05, 4.69) is 58.9 Å². The van der Waals surface area contributed by atoms with E-state index in [4.69, 9.17) is 4.74 Å². The number of carbonyl (C=O) groups excluding carboxylic acids is 1. The van der Waals surface area contributed by atoms with Gasteiger partial charge in [-0.25, -0.2) is 0 Å². The summed E-state index contributed by atoms with van der Waals surface area (Å²) in [4.78, 5) is 12.3. The molecule has 1 aliphatic carbocycles. The van der Waals surface area contributed by atoms with E-state index in [1.807, 2.05) is 19.1 Å². The zero-order valence-corrected chi connectivity index (χ0v) is 16.0. The third-order valence-corrected chi connectivity index (χ3v) is 4.57. The smallest absolute Gasteiger partial charge is 0.310 e. The van der Waals surface area contributed by atoms with Gasteiger partial charge in [0.05, 0.1) is 9.31 Å². The maximum absolute atomic E-state index is 12.3. The summed E-state index contributed by atoms with van der Waals surface area (Å²) in [6.45, 7) is 14.1. The van der Waals surface area contributed by atoms with Crippen LogP contribution < -0.4 is 0 Å². The van der Waals surface area contributed by atoms with E-state index in [0.29, 0.717) is 0 Å². The molecule has 1 saturated carbocycles. The van der Waals surface area contributed by atoms with E-state index in [-0.39, 0.29) is 29.8 Å². The molecule has 1 fully saturated rings. The molecule has 2 atom stereocenters. The maximum atomic E-state index is 12.3. The third-order valence-electron chi connectivity index (χ3n) is 4.04. The predicted octanol–water partition coefficient (Wildman–Crippen LogP) is 5.51. The van der Waals surface area contributed by atoms with Gasteiger partial charge in [-0.1, -0.05) is 52.2 Å². The van der Waals surface area contributed by atoms with Crippen molar-refractivity contribution in [1.82, 2.24) is 0 Å². The Morgan fingerprint density at radius 3 is 2.48 bits per heavy atom. The Hall–Kier alpha value is -0.610. The summed E-state index contributed by atoms with van der Waals surface area (Å²) in [5.74, 6) is -0.0520. The van der Waals surface area contributed by atoms with Crippen LogP contribution in [0.15, 0.2) is 45.9 Å². The largest absolute Gasteiger partial charge is 0.461 e. The molecule has 2 nitrogen and oxygen atoms in total. The number of hydrogen-bond acceptors (Lipinski definition) is 2. The monoisotopic (exact) mass is 416 g/mol. The first-order valence-electron chi connectivity index (χ1n) is 6.94. The second kappa shape index (κ2) is 7.59. The fourth-order valence-electron chi connectivity index (χ4n) is 2.45. The number of halogens is 2. The van der Waals surface area contributed by atoms with E-state index in [1.165, 1.54) is 0 Å². The van der Waals surface area contributed by atoms with Gasteiger partial charge in [0, 0.05) is 0 Å². The second-order valence-electron chi connectivity index (χ2n) is 5.77. The number of allylic oxidation sites excluding steroid dienone is 3. The van der Waals surface area contributed by atoms with Crippen LogP contribution in [0.1, 0.15) is 27.2 Å². The molecule has 21 heavy (non-hydrogen) atoms. The fraction of sp³-hybridized carbons (Fsp3) is 0.471.